The molecule has 0 aliphatic carbocycles. The minimum Gasteiger partial charge on any atom is -0.246 e. The van der Waals surface area contributed by atoms with Crippen LogP contribution < -0.4 is 4.90 Å². The normalized spacial score (nSPS) is 15.4. The first-order chi connectivity index (χ1) is 13.4. The molecule has 2 amide bonds. The smallest absolute Gasteiger partial charge is 0.246 e. The lowest BCUT2D eigenvalue weighted by Gasteiger charge is -2.35. The summed E-state index contributed by atoms with van der Waals surface area (Å²) in [4.78, 5) is 18.3. The largest absolute Gasteiger partial charge is 0.344 e. The van der Waals surface area contributed by atoms with Gasteiger partial charge in [0.2, 0.25) is 0 Å². The molecule has 1 aromatic heterocycles. The molecule has 0 radical (unpaired) electrons. The van der Waals surface area contributed by atoms with E-state index >= 15 is 0 Å². The predicted octanol–water partition coefficient (Wildman–Crippen LogP) is 3.99. The number of amides is 2. The van der Waals surface area contributed by atoms with Crippen molar-refractivity contribution in [3.05, 3.63) is 83.8 Å². The van der Waals surface area contributed by atoms with Gasteiger partial charge in [0.1, 0.15) is 10.7 Å². The number of sulfonamides is 1. The Morgan fingerprint density at radius 3 is 2.57 bits per heavy atom. The number of aromatic nitrogens is 1. The van der Waals surface area contributed by atoms with Crippen LogP contribution in [0, 0.1) is 12.7 Å². The zero-order valence-corrected chi connectivity index (χ0v) is 15.7. The van der Waals surface area contributed by atoms with E-state index in [9.17, 15) is 17.6 Å². The Hall–Kier alpha value is -3.26. The average Bonchev–Trinajstić information content (AvgIpc) is 2.66. The van der Waals surface area contributed by atoms with Crippen LogP contribution in [0.1, 0.15) is 11.1 Å². The third kappa shape index (κ3) is 3.01. The highest BCUT2D eigenvalue weighted by Gasteiger charge is 2.43. The Morgan fingerprint density at radius 2 is 1.82 bits per heavy atom. The van der Waals surface area contributed by atoms with Crippen molar-refractivity contribution in [1.82, 2.24) is 9.29 Å². The fourth-order valence-electron chi connectivity index (χ4n) is 3.15. The van der Waals surface area contributed by atoms with Crippen LogP contribution in [0.4, 0.5) is 20.7 Å². The van der Waals surface area contributed by atoms with Crippen LogP contribution in [-0.4, -0.2) is 23.7 Å². The molecule has 0 saturated carbocycles. The van der Waals surface area contributed by atoms with Crippen molar-refractivity contribution < 1.29 is 17.6 Å². The van der Waals surface area contributed by atoms with Gasteiger partial charge in [-0.1, -0.05) is 35.9 Å². The minimum atomic E-state index is -4.11. The third-order valence-corrected chi connectivity index (χ3v) is 6.15. The standard InChI is InChI=1S/C20H16FN3O3S/c1-14-5-2-6-15(11-14)13-23-20(25)24(17-8-3-7-16(21)12-17)19-18(28(23,26)27)9-4-10-22-19/h2-12H,13H2,1H3. The van der Waals surface area contributed by atoms with Gasteiger partial charge in [-0.2, -0.15) is 0 Å². The van der Waals surface area contributed by atoms with Crippen molar-refractivity contribution in [2.45, 2.75) is 18.4 Å². The van der Waals surface area contributed by atoms with E-state index in [1.54, 1.807) is 12.1 Å². The summed E-state index contributed by atoms with van der Waals surface area (Å²) in [7, 11) is -4.11. The molecule has 8 heteroatoms. The van der Waals surface area contributed by atoms with E-state index in [0.717, 1.165) is 14.8 Å². The molecule has 2 aromatic carbocycles. The Labute approximate surface area is 161 Å². The molecule has 3 aromatic rings. The van der Waals surface area contributed by atoms with Gasteiger partial charge in [-0.05, 0) is 42.8 Å². The van der Waals surface area contributed by atoms with E-state index in [-0.39, 0.29) is 22.9 Å². The molecule has 0 unspecified atom stereocenters. The highest BCUT2D eigenvalue weighted by atomic mass is 32.2. The maximum atomic E-state index is 13.8. The number of fused-ring (bicyclic) bond motifs is 1. The number of nitrogens with zero attached hydrogens (tertiary/aromatic N) is 3. The maximum Gasteiger partial charge on any atom is 0.344 e. The van der Waals surface area contributed by atoms with Gasteiger partial charge in [-0.25, -0.2) is 31.8 Å². The van der Waals surface area contributed by atoms with E-state index in [0.29, 0.717) is 5.56 Å². The quantitative estimate of drug-likeness (QED) is 0.670. The number of hydrogen-bond acceptors (Lipinski definition) is 4. The second-order valence-corrected chi connectivity index (χ2v) is 8.25. The van der Waals surface area contributed by atoms with Gasteiger partial charge in [0.15, 0.2) is 5.82 Å². The fourth-order valence-corrected chi connectivity index (χ4v) is 4.62. The molecule has 28 heavy (non-hydrogen) atoms. The monoisotopic (exact) mass is 397 g/mol. The number of pyridine rings is 1. The molecule has 2 heterocycles. The summed E-state index contributed by atoms with van der Waals surface area (Å²) in [5.41, 5.74) is 1.82. The number of carbonyl (C=O) groups excluding carboxylic acids is 1. The molecule has 0 spiro atoms. The molecule has 0 N–H and O–H groups in total. The topological polar surface area (TPSA) is 70.6 Å². The van der Waals surface area contributed by atoms with Crippen molar-refractivity contribution in [3.8, 4) is 0 Å². The lowest BCUT2D eigenvalue weighted by atomic mass is 10.1. The number of hydrogen-bond donors (Lipinski definition) is 0. The number of benzene rings is 2. The maximum absolute atomic E-state index is 13.8. The van der Waals surface area contributed by atoms with Gasteiger partial charge >= 0.3 is 6.03 Å². The molecule has 0 fully saturated rings. The van der Waals surface area contributed by atoms with Gasteiger partial charge in [-0.15, -0.1) is 0 Å². The van der Waals surface area contributed by atoms with Gasteiger partial charge < -0.3 is 0 Å². The van der Waals surface area contributed by atoms with Crippen LogP contribution in [0.5, 0.6) is 0 Å². The van der Waals surface area contributed by atoms with E-state index in [1.807, 2.05) is 19.1 Å². The van der Waals surface area contributed by atoms with E-state index in [1.165, 1.54) is 42.6 Å². The fraction of sp³-hybridized carbons (Fsp3) is 0.100. The molecule has 0 bridgehead atoms. The molecule has 0 saturated heterocycles. The molecule has 1 aliphatic rings. The molecule has 1 aliphatic heterocycles. The second-order valence-electron chi connectivity index (χ2n) is 6.42. The lowest BCUT2D eigenvalue weighted by molar-refractivity contribution is 0.229. The molecular weight excluding hydrogens is 381 g/mol. The van der Waals surface area contributed by atoms with Gasteiger partial charge in [-0.3, -0.25) is 0 Å². The summed E-state index contributed by atoms with van der Waals surface area (Å²) >= 11 is 0. The molecular formula is C20H16FN3O3S. The van der Waals surface area contributed by atoms with Crippen LogP contribution in [0.2, 0.25) is 0 Å². The van der Waals surface area contributed by atoms with E-state index in [4.69, 9.17) is 0 Å². The lowest BCUT2D eigenvalue weighted by Crippen LogP contribution is -2.48. The number of rotatable bonds is 3. The Morgan fingerprint density at radius 1 is 1.04 bits per heavy atom. The average molecular weight is 397 g/mol. The summed E-state index contributed by atoms with van der Waals surface area (Å²) in [5, 5.41) is 0. The Kier molecular flexibility index (Phi) is 4.35. The van der Waals surface area contributed by atoms with Crippen LogP contribution in [0.25, 0.3) is 0 Å². The molecule has 0 atom stereocenters. The van der Waals surface area contributed by atoms with Gasteiger partial charge in [0, 0.05) is 6.20 Å². The Balaban J connectivity index is 1.88. The number of anilines is 2. The third-order valence-electron chi connectivity index (χ3n) is 4.41. The summed E-state index contributed by atoms with van der Waals surface area (Å²) in [5.74, 6) is -0.583. The first kappa shape index (κ1) is 18.1. The minimum absolute atomic E-state index is 0.0430. The first-order valence-electron chi connectivity index (χ1n) is 8.51. The molecule has 142 valence electrons. The van der Waals surface area contributed by atoms with Crippen molar-refractivity contribution in [2.75, 3.05) is 4.90 Å². The zero-order valence-electron chi connectivity index (χ0n) is 14.9. The van der Waals surface area contributed by atoms with E-state index in [2.05, 4.69) is 4.98 Å². The summed E-state index contributed by atoms with van der Waals surface area (Å²) in [6, 6.07) is 14.7. The number of halogens is 1. The van der Waals surface area contributed by atoms with Gasteiger partial charge in [0.25, 0.3) is 10.0 Å². The highest BCUT2D eigenvalue weighted by molar-refractivity contribution is 7.90. The number of aryl methyl sites for hydroxylation is 1. The van der Waals surface area contributed by atoms with E-state index < -0.39 is 21.9 Å². The number of carbonyl (C=O) groups is 1. The van der Waals surface area contributed by atoms with Crippen molar-refractivity contribution in [1.29, 1.82) is 0 Å². The molecule has 6 nitrogen and oxygen atoms in total. The second kappa shape index (κ2) is 6.72. The predicted molar refractivity (Wildman–Crippen MR) is 102 cm³/mol. The summed E-state index contributed by atoms with van der Waals surface area (Å²) < 4.78 is 40.8. The van der Waals surface area contributed by atoms with Crippen LogP contribution in [0.15, 0.2) is 71.8 Å². The summed E-state index contributed by atoms with van der Waals surface area (Å²) in [6.45, 7) is 1.75. The SMILES string of the molecule is Cc1cccc(CN2C(=O)N(c3cccc(F)c3)c3ncccc3S2(=O)=O)c1. The van der Waals surface area contributed by atoms with Crippen molar-refractivity contribution >= 4 is 27.6 Å². The Bertz CT molecular complexity index is 1180. The first-order valence-corrected chi connectivity index (χ1v) is 9.95. The van der Waals surface area contributed by atoms with Crippen LogP contribution >= 0.6 is 0 Å². The van der Waals surface area contributed by atoms with Gasteiger partial charge in [0.05, 0.1) is 12.2 Å². The number of urea groups is 1. The molecule has 4 rings (SSSR count). The summed E-state index contributed by atoms with van der Waals surface area (Å²) in [6.07, 6.45) is 1.39. The van der Waals surface area contributed by atoms with Crippen LogP contribution in [-0.2, 0) is 16.6 Å². The van der Waals surface area contributed by atoms with Crippen LogP contribution in [0.3, 0.4) is 0 Å². The van der Waals surface area contributed by atoms with Crippen molar-refractivity contribution in [2.24, 2.45) is 0 Å². The van der Waals surface area contributed by atoms with Crippen molar-refractivity contribution in [3.63, 3.8) is 0 Å². The zero-order chi connectivity index (χ0) is 19.9. The highest BCUT2D eigenvalue weighted by Crippen LogP contribution is 2.38.